The molecule has 0 N–H and O–H groups in total. The number of ether oxygens (including phenoxy) is 1. The minimum atomic E-state index is -0.317. The Morgan fingerprint density at radius 3 is 2.64 bits per heavy atom. The van der Waals surface area contributed by atoms with E-state index in [0.717, 1.165) is 27.5 Å². The largest absolute Gasteiger partial charge is 0.457 e. The molecule has 1 aromatic heterocycles. The van der Waals surface area contributed by atoms with Gasteiger partial charge in [-0.1, -0.05) is 41.6 Å². The molecular weight excluding hydrogens is 334 g/mol. The third-order valence-electron chi connectivity index (χ3n) is 3.78. The summed E-state index contributed by atoms with van der Waals surface area (Å²) in [6.07, 6.45) is 0. The number of thioether (sulfide) groups is 1. The van der Waals surface area contributed by atoms with Gasteiger partial charge in [0.15, 0.2) is 0 Å². The fraction of sp³-hybridized carbons (Fsp3) is 0.200. The molecular formula is C20H19NO3S. The SMILES string of the molecule is Cc1cc(CSc2ccccc2C(=O)OCc2ccccc2C)no1. The maximum absolute atomic E-state index is 12.5. The lowest BCUT2D eigenvalue weighted by atomic mass is 10.1. The summed E-state index contributed by atoms with van der Waals surface area (Å²) < 4.78 is 10.6. The van der Waals surface area contributed by atoms with Crippen molar-refractivity contribution in [2.45, 2.75) is 31.1 Å². The van der Waals surface area contributed by atoms with Gasteiger partial charge >= 0.3 is 5.97 Å². The number of aryl methyl sites for hydroxylation is 2. The monoisotopic (exact) mass is 353 g/mol. The average molecular weight is 353 g/mol. The number of benzene rings is 2. The van der Waals surface area contributed by atoms with E-state index in [4.69, 9.17) is 9.26 Å². The fourth-order valence-electron chi connectivity index (χ4n) is 2.39. The standard InChI is InChI=1S/C20H19NO3S/c1-14-7-3-4-8-16(14)12-23-20(22)18-9-5-6-10-19(18)25-13-17-11-15(2)24-21-17/h3-11H,12-13H2,1-2H3. The predicted octanol–water partition coefficient (Wildman–Crippen LogP) is 4.94. The minimum Gasteiger partial charge on any atom is -0.457 e. The topological polar surface area (TPSA) is 52.3 Å². The molecule has 2 aromatic carbocycles. The summed E-state index contributed by atoms with van der Waals surface area (Å²) in [4.78, 5) is 13.4. The van der Waals surface area contributed by atoms with E-state index in [1.165, 1.54) is 0 Å². The number of nitrogens with zero attached hydrogens (tertiary/aromatic N) is 1. The molecule has 128 valence electrons. The Labute approximate surface area is 151 Å². The van der Waals surface area contributed by atoms with E-state index in [2.05, 4.69) is 5.16 Å². The van der Waals surface area contributed by atoms with Gasteiger partial charge in [0.05, 0.1) is 11.3 Å². The molecule has 0 radical (unpaired) electrons. The van der Waals surface area contributed by atoms with Crippen LogP contribution in [0, 0.1) is 13.8 Å². The summed E-state index contributed by atoms with van der Waals surface area (Å²) in [5, 5.41) is 3.98. The lowest BCUT2D eigenvalue weighted by Gasteiger charge is -2.10. The van der Waals surface area contributed by atoms with E-state index in [0.29, 0.717) is 11.3 Å². The average Bonchev–Trinajstić information content (AvgIpc) is 3.04. The summed E-state index contributed by atoms with van der Waals surface area (Å²) in [5.74, 6) is 1.10. The highest BCUT2D eigenvalue weighted by atomic mass is 32.2. The van der Waals surface area contributed by atoms with E-state index in [1.54, 1.807) is 17.8 Å². The zero-order chi connectivity index (χ0) is 17.6. The van der Waals surface area contributed by atoms with Crippen molar-refractivity contribution >= 4 is 17.7 Å². The zero-order valence-electron chi connectivity index (χ0n) is 14.2. The van der Waals surface area contributed by atoms with Crippen LogP contribution in [0.1, 0.15) is 32.9 Å². The molecule has 0 aliphatic carbocycles. The maximum Gasteiger partial charge on any atom is 0.339 e. The number of aromatic nitrogens is 1. The van der Waals surface area contributed by atoms with Crippen molar-refractivity contribution in [2.75, 3.05) is 0 Å². The van der Waals surface area contributed by atoms with Crippen LogP contribution in [0.25, 0.3) is 0 Å². The first-order valence-corrected chi connectivity index (χ1v) is 8.97. The molecule has 0 fully saturated rings. The molecule has 5 heteroatoms. The van der Waals surface area contributed by atoms with Crippen molar-refractivity contribution in [3.8, 4) is 0 Å². The van der Waals surface area contributed by atoms with Gasteiger partial charge in [-0.3, -0.25) is 0 Å². The van der Waals surface area contributed by atoms with Crippen LogP contribution in [0.4, 0.5) is 0 Å². The normalized spacial score (nSPS) is 10.6. The highest BCUT2D eigenvalue weighted by molar-refractivity contribution is 7.98. The van der Waals surface area contributed by atoms with E-state index in [1.807, 2.05) is 62.4 Å². The smallest absolute Gasteiger partial charge is 0.339 e. The van der Waals surface area contributed by atoms with Crippen LogP contribution in [-0.4, -0.2) is 11.1 Å². The van der Waals surface area contributed by atoms with Crippen LogP contribution < -0.4 is 0 Å². The van der Waals surface area contributed by atoms with Gasteiger partial charge in [0.2, 0.25) is 0 Å². The summed E-state index contributed by atoms with van der Waals surface area (Å²) in [6.45, 7) is 4.14. The number of rotatable bonds is 6. The minimum absolute atomic E-state index is 0.271. The van der Waals surface area contributed by atoms with E-state index in [9.17, 15) is 4.79 Å². The molecule has 4 nitrogen and oxygen atoms in total. The molecule has 25 heavy (non-hydrogen) atoms. The van der Waals surface area contributed by atoms with Crippen LogP contribution in [0.3, 0.4) is 0 Å². The Hall–Kier alpha value is -2.53. The van der Waals surface area contributed by atoms with Gasteiger partial charge in [-0.15, -0.1) is 11.8 Å². The van der Waals surface area contributed by atoms with Crippen molar-refractivity contribution in [1.82, 2.24) is 5.16 Å². The molecule has 0 saturated carbocycles. The molecule has 3 rings (SSSR count). The Kier molecular flexibility index (Phi) is 5.56. The van der Waals surface area contributed by atoms with Crippen molar-refractivity contribution in [3.05, 3.63) is 82.7 Å². The van der Waals surface area contributed by atoms with E-state index < -0.39 is 0 Å². The first-order valence-electron chi connectivity index (χ1n) is 7.99. The van der Waals surface area contributed by atoms with Gasteiger partial charge in [-0.25, -0.2) is 4.79 Å². The fourth-order valence-corrected chi connectivity index (χ4v) is 3.31. The predicted molar refractivity (Wildman–Crippen MR) is 97.5 cm³/mol. The summed E-state index contributed by atoms with van der Waals surface area (Å²) in [7, 11) is 0. The molecule has 0 saturated heterocycles. The van der Waals surface area contributed by atoms with Crippen molar-refractivity contribution in [3.63, 3.8) is 0 Å². The molecule has 0 bridgehead atoms. The van der Waals surface area contributed by atoms with Gasteiger partial charge < -0.3 is 9.26 Å². The van der Waals surface area contributed by atoms with Crippen LogP contribution in [-0.2, 0) is 17.1 Å². The van der Waals surface area contributed by atoms with Crippen LogP contribution in [0.5, 0.6) is 0 Å². The van der Waals surface area contributed by atoms with Gasteiger partial charge in [-0.05, 0) is 37.1 Å². The van der Waals surface area contributed by atoms with Crippen molar-refractivity contribution in [1.29, 1.82) is 0 Å². The second-order valence-electron chi connectivity index (χ2n) is 5.72. The number of carbonyl (C=O) groups is 1. The van der Waals surface area contributed by atoms with Gasteiger partial charge in [0.1, 0.15) is 12.4 Å². The second-order valence-corrected chi connectivity index (χ2v) is 6.73. The first kappa shape index (κ1) is 17.3. The number of carbonyl (C=O) groups excluding carboxylic acids is 1. The van der Waals surface area contributed by atoms with Crippen LogP contribution in [0.2, 0.25) is 0 Å². The van der Waals surface area contributed by atoms with Crippen molar-refractivity contribution < 1.29 is 14.1 Å². The third-order valence-corrected chi connectivity index (χ3v) is 4.89. The number of hydrogen-bond donors (Lipinski definition) is 0. The Morgan fingerprint density at radius 2 is 1.88 bits per heavy atom. The lowest BCUT2D eigenvalue weighted by molar-refractivity contribution is 0.0468. The molecule has 0 aliphatic heterocycles. The highest BCUT2D eigenvalue weighted by Gasteiger charge is 2.14. The van der Waals surface area contributed by atoms with E-state index in [-0.39, 0.29) is 12.6 Å². The van der Waals surface area contributed by atoms with Crippen LogP contribution in [0.15, 0.2) is 64.0 Å². The number of esters is 1. The third kappa shape index (κ3) is 4.51. The molecule has 0 unspecified atom stereocenters. The molecule has 0 atom stereocenters. The van der Waals surface area contributed by atoms with Gasteiger partial charge in [-0.2, -0.15) is 0 Å². The first-order chi connectivity index (χ1) is 12.1. The molecule has 0 amide bonds. The zero-order valence-corrected chi connectivity index (χ0v) is 15.0. The van der Waals surface area contributed by atoms with Gasteiger partial charge in [0, 0.05) is 16.7 Å². The summed E-state index contributed by atoms with van der Waals surface area (Å²) >= 11 is 1.54. The van der Waals surface area contributed by atoms with Gasteiger partial charge in [0.25, 0.3) is 0 Å². The molecule has 3 aromatic rings. The number of hydrogen-bond acceptors (Lipinski definition) is 5. The molecule has 0 aliphatic rings. The van der Waals surface area contributed by atoms with E-state index >= 15 is 0 Å². The second kappa shape index (κ2) is 8.03. The van der Waals surface area contributed by atoms with Crippen LogP contribution >= 0.6 is 11.8 Å². The molecule has 1 heterocycles. The molecule has 0 spiro atoms. The summed E-state index contributed by atoms with van der Waals surface area (Å²) in [6, 6.07) is 17.2. The Balaban J connectivity index is 1.67. The maximum atomic E-state index is 12.5. The lowest BCUT2D eigenvalue weighted by Crippen LogP contribution is -2.07. The Morgan fingerprint density at radius 1 is 1.12 bits per heavy atom. The highest BCUT2D eigenvalue weighted by Crippen LogP contribution is 2.27. The van der Waals surface area contributed by atoms with Crippen molar-refractivity contribution in [2.24, 2.45) is 0 Å². The summed E-state index contributed by atoms with van der Waals surface area (Å²) in [5.41, 5.74) is 3.55. The quantitative estimate of drug-likeness (QED) is 0.464. The Bertz CT molecular complexity index is 873.